The largest absolute Gasteiger partial charge is 0.481 e. The van der Waals surface area contributed by atoms with E-state index in [0.29, 0.717) is 6.07 Å². The number of halogens is 4. The molecule has 0 saturated carbocycles. The van der Waals surface area contributed by atoms with Crippen molar-refractivity contribution >= 4 is 17.6 Å². The first-order valence-corrected chi connectivity index (χ1v) is 5.24. The Bertz CT molecular complexity index is 520. The predicted molar refractivity (Wildman–Crippen MR) is 57.1 cm³/mol. The number of alkyl halides is 4. The second-order valence-corrected chi connectivity index (χ2v) is 3.71. The van der Waals surface area contributed by atoms with E-state index in [-0.39, 0.29) is 17.0 Å². The van der Waals surface area contributed by atoms with Crippen LogP contribution in [-0.2, 0) is 23.3 Å². The average molecular weight is 278 g/mol. The Morgan fingerprint density at radius 2 is 2.06 bits per heavy atom. The molecule has 0 bridgehead atoms. The van der Waals surface area contributed by atoms with Gasteiger partial charge >= 0.3 is 12.1 Å². The molecule has 96 valence electrons. The van der Waals surface area contributed by atoms with Gasteiger partial charge in [0.25, 0.3) is 0 Å². The zero-order valence-electron chi connectivity index (χ0n) is 8.88. The fourth-order valence-electron chi connectivity index (χ4n) is 1.54. The molecular formula is C11H7ClF3NO2. The Labute approximate surface area is 105 Å². The van der Waals surface area contributed by atoms with Crippen LogP contribution < -0.4 is 0 Å². The molecule has 1 rings (SSSR count). The second-order valence-electron chi connectivity index (χ2n) is 3.44. The molecule has 0 atom stereocenters. The second kappa shape index (κ2) is 5.27. The molecule has 0 heterocycles. The highest BCUT2D eigenvalue weighted by Crippen LogP contribution is 2.34. The normalized spacial score (nSPS) is 11.1. The van der Waals surface area contributed by atoms with Crippen LogP contribution in [0, 0.1) is 11.3 Å². The number of nitriles is 1. The molecule has 1 N–H and O–H groups in total. The molecule has 3 nitrogen and oxygen atoms in total. The van der Waals surface area contributed by atoms with E-state index < -0.39 is 29.7 Å². The van der Waals surface area contributed by atoms with Crippen LogP contribution in [0.2, 0.25) is 0 Å². The van der Waals surface area contributed by atoms with Gasteiger partial charge in [0.15, 0.2) is 0 Å². The van der Waals surface area contributed by atoms with Gasteiger partial charge in [0, 0.05) is 5.88 Å². The Balaban J connectivity index is 3.47. The Morgan fingerprint density at radius 3 is 2.44 bits per heavy atom. The number of carboxylic acids is 1. The van der Waals surface area contributed by atoms with Crippen LogP contribution in [0.15, 0.2) is 12.1 Å². The molecule has 0 amide bonds. The zero-order valence-corrected chi connectivity index (χ0v) is 9.64. The Kier molecular flexibility index (Phi) is 4.19. The third-order valence-electron chi connectivity index (χ3n) is 2.30. The molecule has 0 aliphatic carbocycles. The van der Waals surface area contributed by atoms with Crippen LogP contribution in [-0.4, -0.2) is 11.1 Å². The summed E-state index contributed by atoms with van der Waals surface area (Å²) < 4.78 is 37.9. The topological polar surface area (TPSA) is 61.1 Å². The summed E-state index contributed by atoms with van der Waals surface area (Å²) in [4.78, 5) is 10.6. The SMILES string of the molecule is N#Cc1c(C(F)(F)F)ccc(CC(=O)O)c1CCl. The van der Waals surface area contributed by atoms with Gasteiger partial charge in [-0.1, -0.05) is 6.07 Å². The lowest BCUT2D eigenvalue weighted by Crippen LogP contribution is -2.12. The molecule has 0 unspecified atom stereocenters. The first kappa shape index (κ1) is 14.3. The molecule has 1 aromatic carbocycles. The highest BCUT2D eigenvalue weighted by atomic mass is 35.5. The van der Waals surface area contributed by atoms with Crippen LogP contribution in [0.5, 0.6) is 0 Å². The van der Waals surface area contributed by atoms with E-state index in [2.05, 4.69) is 0 Å². The summed E-state index contributed by atoms with van der Waals surface area (Å²) in [7, 11) is 0. The molecule has 0 radical (unpaired) electrons. The van der Waals surface area contributed by atoms with E-state index in [1.165, 1.54) is 6.07 Å². The maximum Gasteiger partial charge on any atom is 0.417 e. The molecule has 7 heteroatoms. The van der Waals surface area contributed by atoms with Crippen LogP contribution in [0.25, 0.3) is 0 Å². The number of nitrogens with zero attached hydrogens (tertiary/aromatic N) is 1. The minimum Gasteiger partial charge on any atom is -0.481 e. The zero-order chi connectivity index (χ0) is 13.9. The van der Waals surface area contributed by atoms with Crippen molar-refractivity contribution in [2.45, 2.75) is 18.5 Å². The highest BCUT2D eigenvalue weighted by Gasteiger charge is 2.35. The minimum atomic E-state index is -4.67. The van der Waals surface area contributed by atoms with Gasteiger partial charge in [0.1, 0.15) is 6.07 Å². The van der Waals surface area contributed by atoms with E-state index >= 15 is 0 Å². The van der Waals surface area contributed by atoms with Gasteiger partial charge in [0.05, 0.1) is 17.5 Å². The van der Waals surface area contributed by atoms with Gasteiger partial charge in [-0.25, -0.2) is 0 Å². The number of hydrogen-bond acceptors (Lipinski definition) is 2. The molecule has 0 aliphatic rings. The van der Waals surface area contributed by atoms with Crippen LogP contribution in [0.1, 0.15) is 22.3 Å². The van der Waals surface area contributed by atoms with Gasteiger partial charge in [-0.05, 0) is 17.2 Å². The van der Waals surface area contributed by atoms with Crippen molar-refractivity contribution in [3.05, 3.63) is 34.4 Å². The first-order valence-electron chi connectivity index (χ1n) is 4.71. The van der Waals surface area contributed by atoms with Crippen LogP contribution in [0.4, 0.5) is 13.2 Å². The molecule has 1 aromatic rings. The fraction of sp³-hybridized carbons (Fsp3) is 0.273. The third kappa shape index (κ3) is 2.93. The summed E-state index contributed by atoms with van der Waals surface area (Å²) in [5.74, 6) is -1.56. The van der Waals surface area contributed by atoms with Gasteiger partial charge < -0.3 is 5.11 Å². The lowest BCUT2D eigenvalue weighted by molar-refractivity contribution is -0.138. The third-order valence-corrected chi connectivity index (χ3v) is 2.57. The van der Waals surface area contributed by atoms with Gasteiger partial charge in [-0.3, -0.25) is 4.79 Å². The molecular weight excluding hydrogens is 271 g/mol. The molecule has 18 heavy (non-hydrogen) atoms. The minimum absolute atomic E-state index is 0.0867. The van der Waals surface area contributed by atoms with E-state index in [1.807, 2.05) is 0 Å². The van der Waals surface area contributed by atoms with Crippen molar-refractivity contribution in [2.24, 2.45) is 0 Å². The summed E-state index contributed by atoms with van der Waals surface area (Å²) >= 11 is 5.51. The van der Waals surface area contributed by atoms with E-state index in [4.69, 9.17) is 22.0 Å². The highest BCUT2D eigenvalue weighted by molar-refractivity contribution is 6.17. The lowest BCUT2D eigenvalue weighted by atomic mass is 9.95. The number of rotatable bonds is 3. The van der Waals surface area contributed by atoms with Gasteiger partial charge in [0.2, 0.25) is 0 Å². The van der Waals surface area contributed by atoms with E-state index in [1.54, 1.807) is 0 Å². The van der Waals surface area contributed by atoms with Gasteiger partial charge in [-0.2, -0.15) is 18.4 Å². The first-order chi connectivity index (χ1) is 8.31. The van der Waals surface area contributed by atoms with E-state index in [0.717, 1.165) is 6.07 Å². The number of aliphatic carboxylic acids is 1. The number of carbonyl (C=O) groups is 1. The van der Waals surface area contributed by atoms with Crippen molar-refractivity contribution in [3.8, 4) is 6.07 Å². The molecule has 0 fully saturated rings. The summed E-state index contributed by atoms with van der Waals surface area (Å²) in [6, 6.07) is 3.18. The summed E-state index contributed by atoms with van der Waals surface area (Å²) in [6.45, 7) is 0. The molecule has 0 aromatic heterocycles. The maximum absolute atomic E-state index is 12.6. The van der Waals surface area contributed by atoms with Crippen molar-refractivity contribution in [1.29, 1.82) is 5.26 Å². The number of benzene rings is 1. The van der Waals surface area contributed by atoms with Crippen molar-refractivity contribution in [3.63, 3.8) is 0 Å². The van der Waals surface area contributed by atoms with Gasteiger partial charge in [-0.15, -0.1) is 11.6 Å². The Hall–Kier alpha value is -1.74. The fourth-order valence-corrected chi connectivity index (χ4v) is 1.84. The van der Waals surface area contributed by atoms with E-state index in [9.17, 15) is 18.0 Å². The van der Waals surface area contributed by atoms with Crippen molar-refractivity contribution < 1.29 is 23.1 Å². The maximum atomic E-state index is 12.6. The van der Waals surface area contributed by atoms with Crippen LogP contribution in [0.3, 0.4) is 0 Å². The summed E-state index contributed by atoms with van der Waals surface area (Å²) in [5, 5.41) is 17.4. The monoisotopic (exact) mass is 277 g/mol. The summed E-state index contributed by atoms with van der Waals surface area (Å²) in [5.41, 5.74) is -1.69. The lowest BCUT2D eigenvalue weighted by Gasteiger charge is -2.14. The standard InChI is InChI=1S/C11H7ClF3NO2/c12-4-7-6(3-10(17)18)1-2-9(8(7)5-16)11(13,14)15/h1-2H,3-4H2,(H,17,18). The number of carboxylic acid groups (broad SMARTS) is 1. The summed E-state index contributed by atoms with van der Waals surface area (Å²) in [6.07, 6.45) is -5.15. The molecule has 0 spiro atoms. The predicted octanol–water partition coefficient (Wildman–Crippen LogP) is 2.94. The molecule has 0 aliphatic heterocycles. The smallest absolute Gasteiger partial charge is 0.417 e. The van der Waals surface area contributed by atoms with Crippen molar-refractivity contribution in [2.75, 3.05) is 0 Å². The quantitative estimate of drug-likeness (QED) is 0.864. The number of hydrogen-bond donors (Lipinski definition) is 1. The van der Waals surface area contributed by atoms with Crippen molar-refractivity contribution in [1.82, 2.24) is 0 Å². The average Bonchev–Trinajstić information content (AvgIpc) is 2.25. The molecule has 0 saturated heterocycles. The van der Waals surface area contributed by atoms with Crippen LogP contribution >= 0.6 is 11.6 Å². The Morgan fingerprint density at radius 1 is 1.44 bits per heavy atom.